The second-order valence-corrected chi connectivity index (χ2v) is 2.97. The molecule has 1 nitrogen and oxygen atoms in total. The number of hydrogen-bond acceptors (Lipinski definition) is 1. The van der Waals surface area contributed by atoms with Crippen LogP contribution in [0.15, 0.2) is 28.9 Å². The molecule has 0 spiro atoms. The van der Waals surface area contributed by atoms with Crippen LogP contribution in [-0.2, 0) is 0 Å². The van der Waals surface area contributed by atoms with Crippen LogP contribution in [0.5, 0.6) is 0 Å². The first kappa shape index (κ1) is 8.25. The van der Waals surface area contributed by atoms with Crippen molar-refractivity contribution in [1.29, 1.82) is 0 Å². The lowest BCUT2D eigenvalue weighted by atomic mass is 9.94. The van der Waals surface area contributed by atoms with Crippen LogP contribution in [-0.4, -0.2) is 6.21 Å². The van der Waals surface area contributed by atoms with Gasteiger partial charge in [-0.25, -0.2) is 0 Å². The minimum atomic E-state index is 1.20. The van der Waals surface area contributed by atoms with E-state index in [1.54, 1.807) is 6.20 Å². The molecule has 0 aromatic rings. The van der Waals surface area contributed by atoms with Crippen molar-refractivity contribution in [3.63, 3.8) is 0 Å². The van der Waals surface area contributed by atoms with Gasteiger partial charge in [0.25, 0.3) is 0 Å². The fraction of sp³-hybridized carbons (Fsp3) is 0.500. The molecule has 0 saturated heterocycles. The van der Waals surface area contributed by atoms with E-state index in [1.165, 1.54) is 36.8 Å². The molecule has 60 valence electrons. The molecule has 0 atom stereocenters. The average molecular weight is 149 g/mol. The lowest BCUT2D eigenvalue weighted by molar-refractivity contribution is 0.690. The molecular weight excluding hydrogens is 134 g/mol. The van der Waals surface area contributed by atoms with Crippen molar-refractivity contribution in [1.82, 2.24) is 0 Å². The average Bonchev–Trinajstić information content (AvgIpc) is 2.03. The molecule has 1 heteroatoms. The summed E-state index contributed by atoms with van der Waals surface area (Å²) >= 11 is 0. The van der Waals surface area contributed by atoms with Gasteiger partial charge in [-0.15, -0.1) is 0 Å². The minimum Gasteiger partial charge on any atom is -0.265 e. The molecule has 0 aromatic carbocycles. The highest BCUT2D eigenvalue weighted by molar-refractivity contribution is 5.80. The molecule has 0 bridgehead atoms. The number of aliphatic imine (C=N–C) groups is 1. The van der Waals surface area contributed by atoms with Crippen LogP contribution in [0.4, 0.5) is 0 Å². The zero-order chi connectivity index (χ0) is 8.10. The summed E-state index contributed by atoms with van der Waals surface area (Å²) in [6, 6.07) is 0. The van der Waals surface area contributed by atoms with E-state index in [-0.39, 0.29) is 0 Å². The van der Waals surface area contributed by atoms with Crippen molar-refractivity contribution in [2.45, 2.75) is 32.6 Å². The first-order valence-electron chi connectivity index (χ1n) is 4.17. The molecule has 1 rings (SSSR count). The smallest absolute Gasteiger partial charge is 0.0299 e. The van der Waals surface area contributed by atoms with Gasteiger partial charge in [-0.1, -0.05) is 12.2 Å². The van der Waals surface area contributed by atoms with Crippen LogP contribution in [0.25, 0.3) is 0 Å². The molecule has 1 aliphatic rings. The quantitative estimate of drug-likeness (QED) is 0.535. The van der Waals surface area contributed by atoms with Crippen LogP contribution in [0.2, 0.25) is 0 Å². The second kappa shape index (κ2) is 4.12. The zero-order valence-electron chi connectivity index (χ0n) is 7.14. The summed E-state index contributed by atoms with van der Waals surface area (Å²) in [7, 11) is 0. The Morgan fingerprint density at radius 3 is 2.73 bits per heavy atom. The van der Waals surface area contributed by atoms with Gasteiger partial charge in [0.1, 0.15) is 0 Å². The van der Waals surface area contributed by atoms with E-state index in [0.717, 1.165) is 0 Å². The van der Waals surface area contributed by atoms with Gasteiger partial charge in [-0.3, -0.25) is 4.99 Å². The third kappa shape index (κ3) is 2.34. The first-order chi connectivity index (χ1) is 5.34. The van der Waals surface area contributed by atoms with E-state index in [4.69, 9.17) is 0 Å². The standard InChI is InChI=1S/C10H15N/c1-3-11-8-10-7-5-4-6-9(10)2/h3,8H,1,4-7H2,2H3. The monoisotopic (exact) mass is 149 g/mol. The van der Waals surface area contributed by atoms with Gasteiger partial charge in [0.2, 0.25) is 0 Å². The molecule has 0 radical (unpaired) electrons. The minimum absolute atomic E-state index is 1.20. The maximum absolute atomic E-state index is 4.03. The van der Waals surface area contributed by atoms with Gasteiger partial charge in [0, 0.05) is 12.4 Å². The largest absolute Gasteiger partial charge is 0.265 e. The van der Waals surface area contributed by atoms with Gasteiger partial charge in [-0.2, -0.15) is 0 Å². The van der Waals surface area contributed by atoms with E-state index in [0.29, 0.717) is 0 Å². The summed E-state index contributed by atoms with van der Waals surface area (Å²) in [6.07, 6.45) is 8.64. The summed E-state index contributed by atoms with van der Waals surface area (Å²) in [6.45, 7) is 5.75. The molecule has 0 aromatic heterocycles. The fourth-order valence-corrected chi connectivity index (χ4v) is 1.40. The molecule has 0 aliphatic heterocycles. The van der Waals surface area contributed by atoms with Crippen LogP contribution in [0.1, 0.15) is 32.6 Å². The summed E-state index contributed by atoms with van der Waals surface area (Å²) < 4.78 is 0. The van der Waals surface area contributed by atoms with Gasteiger partial charge in [0.05, 0.1) is 0 Å². The predicted molar refractivity (Wildman–Crippen MR) is 49.9 cm³/mol. The highest BCUT2D eigenvalue weighted by atomic mass is 14.7. The molecule has 0 amide bonds. The van der Waals surface area contributed by atoms with E-state index >= 15 is 0 Å². The highest BCUT2D eigenvalue weighted by Gasteiger charge is 2.05. The molecule has 1 aliphatic carbocycles. The van der Waals surface area contributed by atoms with Crippen molar-refractivity contribution in [3.8, 4) is 0 Å². The highest BCUT2D eigenvalue weighted by Crippen LogP contribution is 2.22. The first-order valence-corrected chi connectivity index (χ1v) is 4.17. The Morgan fingerprint density at radius 2 is 2.09 bits per heavy atom. The fourth-order valence-electron chi connectivity index (χ4n) is 1.40. The molecular formula is C10H15N. The Balaban J connectivity index is 2.66. The number of nitrogens with zero attached hydrogens (tertiary/aromatic N) is 1. The Bertz CT molecular complexity index is 199. The normalized spacial score (nSPS) is 19.4. The van der Waals surface area contributed by atoms with Gasteiger partial charge in [-0.05, 0) is 38.2 Å². The van der Waals surface area contributed by atoms with Crippen molar-refractivity contribution < 1.29 is 0 Å². The maximum Gasteiger partial charge on any atom is 0.0299 e. The van der Waals surface area contributed by atoms with Crippen molar-refractivity contribution in [2.75, 3.05) is 0 Å². The van der Waals surface area contributed by atoms with E-state index in [9.17, 15) is 0 Å². The van der Waals surface area contributed by atoms with Crippen molar-refractivity contribution >= 4 is 6.21 Å². The third-order valence-corrected chi connectivity index (χ3v) is 2.13. The molecule has 0 N–H and O–H groups in total. The Labute approximate surface area is 68.5 Å². The predicted octanol–water partition coefficient (Wildman–Crippen LogP) is 3.09. The second-order valence-electron chi connectivity index (χ2n) is 2.97. The number of hydrogen-bond donors (Lipinski definition) is 0. The van der Waals surface area contributed by atoms with Gasteiger partial charge < -0.3 is 0 Å². The van der Waals surface area contributed by atoms with E-state index in [2.05, 4.69) is 18.5 Å². The van der Waals surface area contributed by atoms with E-state index in [1.807, 2.05) is 6.21 Å². The van der Waals surface area contributed by atoms with Crippen LogP contribution in [0, 0.1) is 0 Å². The Morgan fingerprint density at radius 1 is 1.36 bits per heavy atom. The number of rotatable bonds is 2. The lowest BCUT2D eigenvalue weighted by Gasteiger charge is -2.13. The summed E-state index contributed by atoms with van der Waals surface area (Å²) in [5.41, 5.74) is 2.91. The van der Waals surface area contributed by atoms with Crippen LogP contribution < -0.4 is 0 Å². The Hall–Kier alpha value is -0.850. The SMILES string of the molecule is C=CN=CC1=C(C)CCCC1. The van der Waals surface area contributed by atoms with Gasteiger partial charge >= 0.3 is 0 Å². The summed E-state index contributed by atoms with van der Waals surface area (Å²) in [5.74, 6) is 0. The maximum atomic E-state index is 4.03. The van der Waals surface area contributed by atoms with Crippen molar-refractivity contribution in [2.24, 2.45) is 4.99 Å². The summed E-state index contributed by atoms with van der Waals surface area (Å²) in [5, 5.41) is 0. The molecule has 0 unspecified atom stereocenters. The summed E-state index contributed by atoms with van der Waals surface area (Å²) in [4.78, 5) is 4.03. The third-order valence-electron chi connectivity index (χ3n) is 2.13. The topological polar surface area (TPSA) is 12.4 Å². The lowest BCUT2D eigenvalue weighted by Crippen LogP contribution is -1.97. The van der Waals surface area contributed by atoms with Gasteiger partial charge in [0.15, 0.2) is 0 Å². The Kier molecular flexibility index (Phi) is 3.09. The van der Waals surface area contributed by atoms with Crippen molar-refractivity contribution in [3.05, 3.63) is 23.9 Å². The van der Waals surface area contributed by atoms with E-state index < -0.39 is 0 Å². The molecule has 0 fully saturated rings. The molecule has 0 saturated carbocycles. The zero-order valence-corrected chi connectivity index (χ0v) is 7.14. The molecule has 11 heavy (non-hydrogen) atoms. The van der Waals surface area contributed by atoms with Crippen LogP contribution >= 0.6 is 0 Å². The van der Waals surface area contributed by atoms with Crippen LogP contribution in [0.3, 0.4) is 0 Å². The number of allylic oxidation sites excluding steroid dienone is 2. The molecule has 0 heterocycles.